The summed E-state index contributed by atoms with van der Waals surface area (Å²) in [5, 5.41) is 9.47. The van der Waals surface area contributed by atoms with Gasteiger partial charge in [-0.25, -0.2) is 5.06 Å². The lowest BCUT2D eigenvalue weighted by molar-refractivity contribution is -0.135. The minimum absolute atomic E-state index is 0.278. The number of aliphatic carboxylic acids is 1. The van der Waals surface area contributed by atoms with Gasteiger partial charge in [0.2, 0.25) is 0 Å². The van der Waals surface area contributed by atoms with Gasteiger partial charge in [0.1, 0.15) is 6.67 Å². The van der Waals surface area contributed by atoms with E-state index in [1.165, 1.54) is 12.8 Å². The molecule has 0 atom stereocenters. The maximum atomic E-state index is 9.24. The van der Waals surface area contributed by atoms with Crippen molar-refractivity contribution in [2.75, 3.05) is 26.9 Å². The number of unbranched alkanes of at least 4 members (excludes halogenated alkanes) is 2. The van der Waals surface area contributed by atoms with Crippen LogP contribution in [0, 0.1) is 0 Å². The average Bonchev–Trinajstić information content (AvgIpc) is 2.71. The Balaban J connectivity index is 0.000000437. The van der Waals surface area contributed by atoms with Crippen LogP contribution >= 0.6 is 0 Å². The third-order valence-corrected chi connectivity index (χ3v) is 2.03. The molecule has 1 heterocycles. The van der Waals surface area contributed by atoms with Crippen LogP contribution in [0.5, 0.6) is 0 Å². The number of nitrogens with zero attached hydrogens (tertiary/aromatic N) is 2. The fraction of sp³-hybridized carbons (Fsp3) is 0.727. The van der Waals surface area contributed by atoms with Crippen molar-refractivity contribution in [2.45, 2.75) is 26.2 Å². The van der Waals surface area contributed by atoms with E-state index >= 15 is 0 Å². The van der Waals surface area contributed by atoms with Crippen LogP contribution < -0.4 is 5.73 Å². The first-order valence-corrected chi connectivity index (χ1v) is 5.80. The van der Waals surface area contributed by atoms with Crippen LogP contribution in [0.1, 0.15) is 26.2 Å². The molecule has 0 amide bonds. The highest BCUT2D eigenvalue weighted by Crippen LogP contribution is 2.05. The van der Waals surface area contributed by atoms with Crippen molar-refractivity contribution >= 4 is 5.97 Å². The fourth-order valence-electron chi connectivity index (χ4n) is 1.12. The van der Waals surface area contributed by atoms with E-state index in [2.05, 4.69) is 17.6 Å². The predicted molar refractivity (Wildman–Crippen MR) is 65.8 cm³/mol. The second-order valence-corrected chi connectivity index (χ2v) is 3.75. The fourth-order valence-corrected chi connectivity index (χ4v) is 1.12. The quantitative estimate of drug-likeness (QED) is 0.674. The SMILES string of the molecule is CCCCCON1C=CN(C)C1.NCC(=O)O. The third kappa shape index (κ3) is 9.65. The van der Waals surface area contributed by atoms with Gasteiger partial charge in [0.25, 0.3) is 0 Å². The number of carboxylic acid groups (broad SMARTS) is 1. The van der Waals surface area contributed by atoms with Gasteiger partial charge in [0.05, 0.1) is 13.2 Å². The highest BCUT2D eigenvalue weighted by atomic mass is 16.7. The summed E-state index contributed by atoms with van der Waals surface area (Å²) in [6, 6.07) is 0. The van der Waals surface area contributed by atoms with E-state index in [1.807, 2.05) is 24.5 Å². The third-order valence-electron chi connectivity index (χ3n) is 2.03. The summed E-state index contributed by atoms with van der Waals surface area (Å²) in [7, 11) is 2.03. The predicted octanol–water partition coefficient (Wildman–Crippen LogP) is 0.814. The number of nitrogens with two attached hydrogens (primary N) is 1. The maximum Gasteiger partial charge on any atom is 0.317 e. The van der Waals surface area contributed by atoms with Crippen molar-refractivity contribution < 1.29 is 14.7 Å². The number of carboxylic acids is 1. The molecule has 1 rings (SSSR count). The van der Waals surface area contributed by atoms with Gasteiger partial charge in [-0.15, -0.1) is 0 Å². The Morgan fingerprint density at radius 3 is 2.53 bits per heavy atom. The first kappa shape index (κ1) is 15.7. The Kier molecular flexibility index (Phi) is 9.18. The van der Waals surface area contributed by atoms with Crippen LogP contribution in [0.3, 0.4) is 0 Å². The first-order valence-electron chi connectivity index (χ1n) is 5.80. The molecule has 0 saturated carbocycles. The zero-order chi connectivity index (χ0) is 13.1. The van der Waals surface area contributed by atoms with Gasteiger partial charge < -0.3 is 15.7 Å². The summed E-state index contributed by atoms with van der Waals surface area (Å²) in [4.78, 5) is 16.8. The normalized spacial score (nSPS) is 13.6. The minimum atomic E-state index is -0.968. The number of rotatable bonds is 6. The van der Waals surface area contributed by atoms with E-state index in [1.54, 1.807) is 0 Å². The van der Waals surface area contributed by atoms with Gasteiger partial charge in [-0.1, -0.05) is 19.8 Å². The van der Waals surface area contributed by atoms with E-state index < -0.39 is 5.97 Å². The smallest absolute Gasteiger partial charge is 0.317 e. The Bertz CT molecular complexity index is 234. The Labute approximate surface area is 103 Å². The molecule has 17 heavy (non-hydrogen) atoms. The standard InChI is InChI=1S/C9H18N2O.C2H5NO2/c1-3-4-5-8-12-11-7-6-10(2)9-11;3-1-2(4)5/h6-7H,3-5,8-9H2,1-2H3;1,3H2,(H,4,5). The molecule has 0 bridgehead atoms. The molecule has 0 spiro atoms. The zero-order valence-corrected chi connectivity index (χ0v) is 10.6. The molecule has 6 heteroatoms. The van der Waals surface area contributed by atoms with Crippen LogP contribution in [0.15, 0.2) is 12.4 Å². The molecule has 0 aromatic heterocycles. The van der Waals surface area contributed by atoms with Crippen molar-refractivity contribution in [1.29, 1.82) is 0 Å². The molecule has 1 aliphatic rings. The molecule has 0 saturated heterocycles. The highest BCUT2D eigenvalue weighted by molar-refractivity contribution is 5.68. The van der Waals surface area contributed by atoms with Crippen LogP contribution in [0.25, 0.3) is 0 Å². The van der Waals surface area contributed by atoms with E-state index in [4.69, 9.17) is 9.94 Å². The average molecular weight is 245 g/mol. The van der Waals surface area contributed by atoms with Gasteiger partial charge in [0, 0.05) is 19.4 Å². The molecular formula is C11H23N3O3. The van der Waals surface area contributed by atoms with Gasteiger partial charge in [0.15, 0.2) is 0 Å². The molecule has 100 valence electrons. The largest absolute Gasteiger partial charge is 0.480 e. The van der Waals surface area contributed by atoms with Gasteiger partial charge in [-0.2, -0.15) is 0 Å². The Hall–Kier alpha value is -1.27. The van der Waals surface area contributed by atoms with Crippen molar-refractivity contribution in [3.05, 3.63) is 12.4 Å². The van der Waals surface area contributed by atoms with E-state index in [-0.39, 0.29) is 6.54 Å². The monoisotopic (exact) mass is 245 g/mol. The van der Waals surface area contributed by atoms with Crippen LogP contribution in [-0.2, 0) is 9.63 Å². The minimum Gasteiger partial charge on any atom is -0.480 e. The van der Waals surface area contributed by atoms with E-state index in [9.17, 15) is 4.79 Å². The highest BCUT2D eigenvalue weighted by Gasteiger charge is 2.07. The topological polar surface area (TPSA) is 79.0 Å². The first-order chi connectivity index (χ1) is 8.10. The van der Waals surface area contributed by atoms with Gasteiger partial charge >= 0.3 is 5.97 Å². The zero-order valence-electron chi connectivity index (χ0n) is 10.6. The van der Waals surface area contributed by atoms with Crippen LogP contribution in [0.2, 0.25) is 0 Å². The maximum absolute atomic E-state index is 9.24. The molecule has 0 aromatic carbocycles. The van der Waals surface area contributed by atoms with Gasteiger partial charge in [-0.05, 0) is 6.42 Å². The molecule has 0 aromatic rings. The molecule has 0 unspecified atom stereocenters. The Morgan fingerprint density at radius 2 is 2.12 bits per heavy atom. The summed E-state index contributed by atoms with van der Waals surface area (Å²) in [5.41, 5.74) is 4.57. The number of hydrogen-bond donors (Lipinski definition) is 2. The van der Waals surface area contributed by atoms with Gasteiger partial charge in [-0.3, -0.25) is 9.63 Å². The Morgan fingerprint density at radius 1 is 1.47 bits per heavy atom. The second kappa shape index (κ2) is 9.92. The summed E-state index contributed by atoms with van der Waals surface area (Å²) < 4.78 is 0. The molecule has 0 fully saturated rings. The van der Waals surface area contributed by atoms with Crippen LogP contribution in [0.4, 0.5) is 0 Å². The lowest BCUT2D eigenvalue weighted by Crippen LogP contribution is -2.23. The number of carbonyl (C=O) groups is 1. The molecule has 6 nitrogen and oxygen atoms in total. The summed E-state index contributed by atoms with van der Waals surface area (Å²) in [6.45, 7) is 3.61. The molecule has 3 N–H and O–H groups in total. The molecule has 0 radical (unpaired) electrons. The van der Waals surface area contributed by atoms with Crippen molar-refractivity contribution in [3.8, 4) is 0 Å². The van der Waals surface area contributed by atoms with E-state index in [0.717, 1.165) is 19.7 Å². The summed E-state index contributed by atoms with van der Waals surface area (Å²) in [5.74, 6) is -0.968. The second-order valence-electron chi connectivity index (χ2n) is 3.75. The summed E-state index contributed by atoms with van der Waals surface area (Å²) in [6.07, 6.45) is 7.64. The molecular weight excluding hydrogens is 222 g/mol. The lowest BCUT2D eigenvalue weighted by atomic mass is 10.3. The van der Waals surface area contributed by atoms with Crippen molar-refractivity contribution in [3.63, 3.8) is 0 Å². The number of hydrogen-bond acceptors (Lipinski definition) is 5. The van der Waals surface area contributed by atoms with Crippen molar-refractivity contribution in [2.24, 2.45) is 5.73 Å². The summed E-state index contributed by atoms with van der Waals surface area (Å²) >= 11 is 0. The lowest BCUT2D eigenvalue weighted by Gasteiger charge is -2.17. The molecule has 0 aliphatic carbocycles. The van der Waals surface area contributed by atoms with E-state index in [0.29, 0.717) is 0 Å². The number of hydroxylamine groups is 2. The van der Waals surface area contributed by atoms with Crippen LogP contribution in [-0.4, -0.2) is 47.9 Å². The van der Waals surface area contributed by atoms with Crippen molar-refractivity contribution in [1.82, 2.24) is 9.96 Å². The molecule has 1 aliphatic heterocycles.